The van der Waals surface area contributed by atoms with E-state index in [1.807, 2.05) is 0 Å². The van der Waals surface area contributed by atoms with Crippen LogP contribution in [0.1, 0.15) is 43.7 Å². The lowest BCUT2D eigenvalue weighted by atomic mass is 9.90. The van der Waals surface area contributed by atoms with E-state index in [2.05, 4.69) is 51.3 Å². The van der Waals surface area contributed by atoms with Gasteiger partial charge in [-0.3, -0.25) is 4.90 Å². The zero-order valence-electron chi connectivity index (χ0n) is 11.7. The van der Waals surface area contributed by atoms with Crippen molar-refractivity contribution in [2.45, 2.75) is 44.7 Å². The van der Waals surface area contributed by atoms with Crippen molar-refractivity contribution in [3.05, 3.63) is 33.8 Å². The first-order valence-corrected chi connectivity index (χ1v) is 8.23. The lowest BCUT2D eigenvalue weighted by Crippen LogP contribution is -2.33. The van der Waals surface area contributed by atoms with Gasteiger partial charge in [-0.1, -0.05) is 28.1 Å². The van der Waals surface area contributed by atoms with Gasteiger partial charge in [0.1, 0.15) is 0 Å². The molecule has 2 aliphatic heterocycles. The molecular weight excluding hydrogens is 300 g/mol. The summed E-state index contributed by atoms with van der Waals surface area (Å²) in [6.45, 7) is 7.07. The van der Waals surface area contributed by atoms with Gasteiger partial charge < -0.3 is 5.32 Å². The Kier molecular flexibility index (Phi) is 3.97. The Morgan fingerprint density at radius 1 is 1.26 bits per heavy atom. The highest BCUT2D eigenvalue weighted by atomic mass is 79.9. The molecule has 3 heteroatoms. The van der Waals surface area contributed by atoms with E-state index in [-0.39, 0.29) is 5.54 Å². The molecule has 2 saturated heterocycles. The smallest absolute Gasteiger partial charge is 0.0406 e. The van der Waals surface area contributed by atoms with Crippen molar-refractivity contribution in [3.8, 4) is 0 Å². The van der Waals surface area contributed by atoms with Crippen LogP contribution in [0, 0.1) is 0 Å². The van der Waals surface area contributed by atoms with Crippen LogP contribution in [0.25, 0.3) is 0 Å². The van der Waals surface area contributed by atoms with Crippen molar-refractivity contribution in [1.82, 2.24) is 10.2 Å². The van der Waals surface area contributed by atoms with E-state index in [4.69, 9.17) is 0 Å². The summed E-state index contributed by atoms with van der Waals surface area (Å²) in [5.41, 5.74) is 3.02. The van der Waals surface area contributed by atoms with E-state index in [1.54, 1.807) is 0 Å². The van der Waals surface area contributed by atoms with Crippen molar-refractivity contribution in [3.63, 3.8) is 0 Å². The summed E-state index contributed by atoms with van der Waals surface area (Å²) in [6, 6.07) is 6.95. The van der Waals surface area contributed by atoms with Crippen molar-refractivity contribution in [2.75, 3.05) is 19.6 Å². The first kappa shape index (κ1) is 13.6. The summed E-state index contributed by atoms with van der Waals surface area (Å²) in [5, 5.41) is 3.64. The predicted octanol–water partition coefficient (Wildman–Crippen LogP) is 3.64. The van der Waals surface area contributed by atoms with Crippen LogP contribution < -0.4 is 5.32 Å². The van der Waals surface area contributed by atoms with Gasteiger partial charge in [0.15, 0.2) is 0 Å². The summed E-state index contributed by atoms with van der Waals surface area (Å²) >= 11 is 3.77. The van der Waals surface area contributed by atoms with Gasteiger partial charge in [-0.2, -0.15) is 0 Å². The molecule has 1 N–H and O–H groups in total. The molecule has 3 rings (SSSR count). The molecule has 0 amide bonds. The molecule has 2 aliphatic rings. The third-order valence-electron chi connectivity index (χ3n) is 4.65. The summed E-state index contributed by atoms with van der Waals surface area (Å²) in [5.74, 6) is 0. The SMILES string of the molecule is CC1(c2ccc(CN3CCCC3)c(Br)c2)CCCN1. The Labute approximate surface area is 124 Å². The topological polar surface area (TPSA) is 15.3 Å². The quantitative estimate of drug-likeness (QED) is 0.913. The summed E-state index contributed by atoms with van der Waals surface area (Å²) in [6.07, 6.45) is 5.24. The molecule has 0 radical (unpaired) electrons. The highest BCUT2D eigenvalue weighted by molar-refractivity contribution is 9.10. The number of halogens is 1. The zero-order chi connectivity index (χ0) is 13.3. The second kappa shape index (κ2) is 5.55. The number of likely N-dealkylation sites (tertiary alicyclic amines) is 1. The molecule has 0 aromatic heterocycles. The van der Waals surface area contributed by atoms with Crippen LogP contribution in [0.5, 0.6) is 0 Å². The molecule has 2 nitrogen and oxygen atoms in total. The van der Waals surface area contributed by atoms with Crippen LogP contribution in [0.4, 0.5) is 0 Å². The van der Waals surface area contributed by atoms with Crippen molar-refractivity contribution < 1.29 is 0 Å². The molecular formula is C16H23BrN2. The standard InChI is InChI=1S/C16H23BrN2/c1-16(7-4-8-18-16)14-6-5-13(15(17)11-14)12-19-9-2-3-10-19/h5-6,11,18H,2-4,7-10,12H2,1H3. The maximum absolute atomic E-state index is 3.77. The minimum atomic E-state index is 0.175. The Morgan fingerprint density at radius 3 is 2.68 bits per heavy atom. The van der Waals surface area contributed by atoms with E-state index in [0.29, 0.717) is 0 Å². The van der Waals surface area contributed by atoms with Gasteiger partial charge in [-0.15, -0.1) is 0 Å². The van der Waals surface area contributed by atoms with Crippen LogP contribution in [0.2, 0.25) is 0 Å². The minimum absolute atomic E-state index is 0.175. The number of nitrogens with zero attached hydrogens (tertiary/aromatic N) is 1. The average Bonchev–Trinajstić information content (AvgIpc) is 3.04. The van der Waals surface area contributed by atoms with Gasteiger partial charge in [0.2, 0.25) is 0 Å². The summed E-state index contributed by atoms with van der Waals surface area (Å²) in [7, 11) is 0. The normalized spacial score (nSPS) is 28.1. The van der Waals surface area contributed by atoms with E-state index in [9.17, 15) is 0 Å². The molecule has 104 valence electrons. The maximum Gasteiger partial charge on any atom is 0.0406 e. The number of nitrogens with one attached hydrogen (secondary N) is 1. The van der Waals surface area contributed by atoms with Crippen LogP contribution in [0.15, 0.2) is 22.7 Å². The fourth-order valence-electron chi connectivity index (χ4n) is 3.34. The third-order valence-corrected chi connectivity index (χ3v) is 5.39. The Morgan fingerprint density at radius 2 is 2.05 bits per heavy atom. The number of benzene rings is 1. The Hall–Kier alpha value is -0.380. The fraction of sp³-hybridized carbons (Fsp3) is 0.625. The second-order valence-corrected chi connectivity index (χ2v) is 7.01. The molecule has 1 aromatic carbocycles. The van der Waals surface area contributed by atoms with Crippen LogP contribution in [-0.4, -0.2) is 24.5 Å². The molecule has 1 unspecified atom stereocenters. The molecule has 2 fully saturated rings. The molecule has 0 bridgehead atoms. The maximum atomic E-state index is 3.77. The second-order valence-electron chi connectivity index (χ2n) is 6.15. The average molecular weight is 323 g/mol. The van der Waals surface area contributed by atoms with Gasteiger partial charge in [0, 0.05) is 16.6 Å². The Balaban J connectivity index is 1.77. The largest absolute Gasteiger partial charge is 0.308 e. The predicted molar refractivity (Wildman–Crippen MR) is 83.2 cm³/mol. The third kappa shape index (κ3) is 2.88. The molecule has 0 saturated carbocycles. The van der Waals surface area contributed by atoms with Gasteiger partial charge >= 0.3 is 0 Å². The fourth-order valence-corrected chi connectivity index (χ4v) is 3.85. The lowest BCUT2D eigenvalue weighted by molar-refractivity contribution is 0.330. The Bertz CT molecular complexity index is 446. The minimum Gasteiger partial charge on any atom is -0.308 e. The van der Waals surface area contributed by atoms with E-state index < -0.39 is 0 Å². The van der Waals surface area contributed by atoms with Crippen LogP contribution in [0.3, 0.4) is 0 Å². The lowest BCUT2D eigenvalue weighted by Gasteiger charge is -2.26. The monoisotopic (exact) mass is 322 g/mol. The molecule has 0 aliphatic carbocycles. The van der Waals surface area contributed by atoms with Crippen molar-refractivity contribution >= 4 is 15.9 Å². The number of hydrogen-bond donors (Lipinski definition) is 1. The first-order valence-electron chi connectivity index (χ1n) is 7.44. The van der Waals surface area contributed by atoms with E-state index in [0.717, 1.165) is 13.1 Å². The number of rotatable bonds is 3. The number of hydrogen-bond acceptors (Lipinski definition) is 2. The van der Waals surface area contributed by atoms with Crippen LogP contribution >= 0.6 is 15.9 Å². The highest BCUT2D eigenvalue weighted by Crippen LogP contribution is 2.33. The van der Waals surface area contributed by atoms with Crippen molar-refractivity contribution in [2.24, 2.45) is 0 Å². The van der Waals surface area contributed by atoms with Gasteiger partial charge in [-0.25, -0.2) is 0 Å². The van der Waals surface area contributed by atoms with Crippen LogP contribution in [-0.2, 0) is 12.1 Å². The summed E-state index contributed by atoms with van der Waals surface area (Å²) < 4.78 is 1.27. The summed E-state index contributed by atoms with van der Waals surface area (Å²) in [4.78, 5) is 2.55. The van der Waals surface area contributed by atoms with Gasteiger partial charge in [0.05, 0.1) is 0 Å². The van der Waals surface area contributed by atoms with Gasteiger partial charge in [0.25, 0.3) is 0 Å². The molecule has 1 atom stereocenters. The molecule has 2 heterocycles. The van der Waals surface area contributed by atoms with Crippen molar-refractivity contribution in [1.29, 1.82) is 0 Å². The molecule has 1 aromatic rings. The first-order chi connectivity index (χ1) is 9.17. The van der Waals surface area contributed by atoms with E-state index >= 15 is 0 Å². The highest BCUT2D eigenvalue weighted by Gasteiger charge is 2.30. The molecule has 19 heavy (non-hydrogen) atoms. The van der Waals surface area contributed by atoms with E-state index in [1.165, 1.54) is 54.4 Å². The van der Waals surface area contributed by atoms with Gasteiger partial charge in [-0.05, 0) is 69.4 Å². The zero-order valence-corrected chi connectivity index (χ0v) is 13.3. The molecule has 0 spiro atoms.